The maximum absolute atomic E-state index is 15.7. The minimum absolute atomic E-state index is 0.0666. The molecule has 1 aliphatic carbocycles. The maximum Gasteiger partial charge on any atom is 0.265 e. The summed E-state index contributed by atoms with van der Waals surface area (Å²) in [4.78, 5) is 4.19. The summed E-state index contributed by atoms with van der Waals surface area (Å²) < 4.78 is 66.0. The van der Waals surface area contributed by atoms with Gasteiger partial charge >= 0.3 is 0 Å². The lowest BCUT2D eigenvalue weighted by atomic mass is 9.82. The monoisotopic (exact) mass is 570 g/mol. The molecule has 5 N–H and O–H groups in total. The lowest BCUT2D eigenvalue weighted by molar-refractivity contribution is 0.395. The summed E-state index contributed by atoms with van der Waals surface area (Å²) >= 11 is 0. The molecule has 40 heavy (non-hydrogen) atoms. The first-order valence-corrected chi connectivity index (χ1v) is 14.6. The van der Waals surface area contributed by atoms with Gasteiger partial charge in [0.1, 0.15) is 33.8 Å². The first-order valence-electron chi connectivity index (χ1n) is 13.1. The molecule has 1 saturated carbocycles. The van der Waals surface area contributed by atoms with Gasteiger partial charge in [-0.3, -0.25) is 9.40 Å². The van der Waals surface area contributed by atoms with E-state index in [4.69, 9.17) is 16.2 Å². The molecule has 2 aromatic carbocycles. The Hall–Kier alpha value is -3.77. The number of sulfonamides is 1. The molecule has 0 aliphatic heterocycles. The number of hydrogen-bond donors (Lipinski definition) is 3. The molecule has 0 radical (unpaired) electrons. The van der Waals surface area contributed by atoms with Crippen LogP contribution in [0.15, 0.2) is 47.5 Å². The van der Waals surface area contributed by atoms with Gasteiger partial charge in [-0.1, -0.05) is 12.1 Å². The minimum atomic E-state index is -4.28. The van der Waals surface area contributed by atoms with Crippen LogP contribution in [0.5, 0.6) is 5.75 Å². The number of nitrogens with one attached hydrogen (secondary N) is 1. The summed E-state index contributed by atoms with van der Waals surface area (Å²) in [5, 5.41) is 5.11. The van der Waals surface area contributed by atoms with Gasteiger partial charge in [-0.25, -0.2) is 22.2 Å². The van der Waals surface area contributed by atoms with Crippen LogP contribution in [0.3, 0.4) is 0 Å². The van der Waals surface area contributed by atoms with Crippen molar-refractivity contribution in [3.8, 4) is 17.0 Å². The van der Waals surface area contributed by atoms with Crippen molar-refractivity contribution in [2.45, 2.75) is 62.4 Å². The van der Waals surface area contributed by atoms with Gasteiger partial charge in [-0.2, -0.15) is 5.10 Å². The van der Waals surface area contributed by atoms with E-state index in [2.05, 4.69) is 14.8 Å². The second-order valence-electron chi connectivity index (χ2n) is 10.4. The molecule has 0 bridgehead atoms. The van der Waals surface area contributed by atoms with Crippen molar-refractivity contribution in [3.05, 3.63) is 59.8 Å². The Labute approximate surface area is 231 Å². The molecule has 2 aromatic heterocycles. The zero-order chi connectivity index (χ0) is 28.8. The van der Waals surface area contributed by atoms with Crippen molar-refractivity contribution in [1.29, 1.82) is 0 Å². The quantitative estimate of drug-likeness (QED) is 0.273. The number of para-hydroxylation sites is 1. The van der Waals surface area contributed by atoms with Crippen molar-refractivity contribution >= 4 is 32.4 Å². The molecule has 0 saturated heterocycles. The number of benzene rings is 2. The zero-order valence-corrected chi connectivity index (χ0v) is 23.3. The van der Waals surface area contributed by atoms with E-state index in [-0.39, 0.29) is 45.7 Å². The average molecular weight is 571 g/mol. The van der Waals surface area contributed by atoms with E-state index >= 15 is 8.78 Å². The number of hydrogen-bond acceptors (Lipinski definition) is 7. The fourth-order valence-corrected chi connectivity index (χ4v) is 6.59. The van der Waals surface area contributed by atoms with Gasteiger partial charge < -0.3 is 16.2 Å². The number of nitrogen functional groups attached to an aromatic ring is 1. The molecule has 0 unspecified atom stereocenters. The lowest BCUT2D eigenvalue weighted by Gasteiger charge is -2.27. The highest BCUT2D eigenvalue weighted by molar-refractivity contribution is 7.92. The number of nitrogens with two attached hydrogens (primary N) is 2. The number of fused-ring (bicyclic) bond motifs is 1. The van der Waals surface area contributed by atoms with Gasteiger partial charge in [0.25, 0.3) is 10.0 Å². The van der Waals surface area contributed by atoms with Crippen molar-refractivity contribution in [2.75, 3.05) is 17.6 Å². The van der Waals surface area contributed by atoms with Crippen molar-refractivity contribution in [2.24, 2.45) is 5.73 Å². The Morgan fingerprint density at radius 2 is 1.80 bits per heavy atom. The van der Waals surface area contributed by atoms with Crippen LogP contribution in [0, 0.1) is 11.6 Å². The Bertz CT molecular complexity index is 1680. The van der Waals surface area contributed by atoms with Gasteiger partial charge in [0.2, 0.25) is 0 Å². The Morgan fingerprint density at radius 1 is 1.10 bits per heavy atom. The summed E-state index contributed by atoms with van der Waals surface area (Å²) in [7, 11) is -2.97. The normalized spacial score (nSPS) is 17.9. The second-order valence-corrected chi connectivity index (χ2v) is 12.0. The van der Waals surface area contributed by atoms with Gasteiger partial charge in [0.15, 0.2) is 0 Å². The third-order valence-electron chi connectivity index (χ3n) is 7.40. The summed E-state index contributed by atoms with van der Waals surface area (Å²) in [5.74, 6) is -1.45. The van der Waals surface area contributed by atoms with E-state index in [1.807, 2.05) is 13.8 Å². The number of anilines is 2. The van der Waals surface area contributed by atoms with Crippen LogP contribution in [0.1, 0.15) is 57.1 Å². The molecule has 0 amide bonds. The average Bonchev–Trinajstić information content (AvgIpc) is 3.33. The second kappa shape index (κ2) is 10.7. The number of halogens is 2. The summed E-state index contributed by atoms with van der Waals surface area (Å²) in [5.41, 5.74) is 13.6. The van der Waals surface area contributed by atoms with E-state index in [9.17, 15) is 8.42 Å². The fraction of sp³-hybridized carbons (Fsp3) is 0.357. The number of rotatable bonds is 7. The summed E-state index contributed by atoms with van der Waals surface area (Å²) in [6.07, 6.45) is 5.27. The molecule has 1 aliphatic rings. The summed E-state index contributed by atoms with van der Waals surface area (Å²) in [6.45, 7) is 3.89. The number of ether oxygens (including phenoxy) is 1. The highest BCUT2D eigenvalue weighted by Gasteiger charge is 2.29. The van der Waals surface area contributed by atoms with E-state index < -0.39 is 27.3 Å². The van der Waals surface area contributed by atoms with Crippen molar-refractivity contribution < 1.29 is 21.9 Å². The third kappa shape index (κ3) is 4.97. The molecular formula is C28H32F2N6O3S. The maximum atomic E-state index is 15.7. The Morgan fingerprint density at radius 3 is 2.48 bits per heavy atom. The Kier molecular flexibility index (Phi) is 7.40. The number of methoxy groups -OCH3 is 1. The van der Waals surface area contributed by atoms with Gasteiger partial charge in [0, 0.05) is 29.9 Å². The topological polar surface area (TPSA) is 138 Å². The lowest BCUT2D eigenvalue weighted by Crippen LogP contribution is -2.26. The van der Waals surface area contributed by atoms with Crippen LogP contribution < -0.4 is 20.9 Å². The predicted octanol–water partition coefficient (Wildman–Crippen LogP) is 5.33. The van der Waals surface area contributed by atoms with Gasteiger partial charge in [-0.15, -0.1) is 0 Å². The van der Waals surface area contributed by atoms with Crippen LogP contribution in [-0.4, -0.2) is 36.3 Å². The zero-order valence-electron chi connectivity index (χ0n) is 22.5. The van der Waals surface area contributed by atoms with Crippen molar-refractivity contribution in [1.82, 2.24) is 14.8 Å². The van der Waals surface area contributed by atoms with Crippen LogP contribution >= 0.6 is 0 Å². The highest BCUT2D eigenvalue weighted by Crippen LogP contribution is 2.42. The van der Waals surface area contributed by atoms with E-state index in [0.717, 1.165) is 48.9 Å². The molecule has 212 valence electrons. The van der Waals surface area contributed by atoms with Gasteiger partial charge in [-0.05, 0) is 69.2 Å². The Balaban J connectivity index is 1.61. The van der Waals surface area contributed by atoms with Crippen LogP contribution in [0.4, 0.5) is 20.3 Å². The van der Waals surface area contributed by atoms with Gasteiger partial charge in [0.05, 0.1) is 23.7 Å². The van der Waals surface area contributed by atoms with E-state index in [1.54, 1.807) is 16.9 Å². The standard InChI is InChI=1S/C28H32F2N6O3S/c1-15(2)36-27-19(16-8-10-17(31)11-9-16)14-33-28(32)25(27)26(34-36)18-12-21(30)22(13-20(18)29)35-40(37,38)24-7-5-4-6-23(24)39-3/h4-7,12-17,35H,8-11,31H2,1-3H3,(H2,32,33)/t16-,17-. The molecule has 0 atom stereocenters. The molecule has 1 fully saturated rings. The molecule has 0 spiro atoms. The first-order chi connectivity index (χ1) is 19.0. The molecule has 4 aromatic rings. The fourth-order valence-electron chi connectivity index (χ4n) is 5.36. The van der Waals surface area contributed by atoms with E-state index in [0.29, 0.717) is 5.39 Å². The number of nitrogens with zero attached hydrogens (tertiary/aromatic N) is 3. The minimum Gasteiger partial charge on any atom is -0.495 e. The predicted molar refractivity (Wildman–Crippen MR) is 151 cm³/mol. The van der Waals surface area contributed by atoms with Crippen molar-refractivity contribution in [3.63, 3.8) is 0 Å². The van der Waals surface area contributed by atoms with Crippen LogP contribution in [0.25, 0.3) is 22.2 Å². The van der Waals surface area contributed by atoms with E-state index in [1.165, 1.54) is 25.3 Å². The van der Waals surface area contributed by atoms with Crippen LogP contribution in [0.2, 0.25) is 0 Å². The highest BCUT2D eigenvalue weighted by atomic mass is 32.2. The number of aromatic nitrogens is 3. The molecule has 12 heteroatoms. The third-order valence-corrected chi connectivity index (χ3v) is 8.80. The molecule has 9 nitrogen and oxygen atoms in total. The molecule has 5 rings (SSSR count). The number of pyridine rings is 1. The molecular weight excluding hydrogens is 538 g/mol. The largest absolute Gasteiger partial charge is 0.495 e. The van der Waals surface area contributed by atoms with Crippen LogP contribution in [-0.2, 0) is 10.0 Å². The smallest absolute Gasteiger partial charge is 0.265 e. The molecule has 2 heterocycles. The first kappa shape index (κ1) is 27.8. The SMILES string of the molecule is COc1ccccc1S(=O)(=O)Nc1cc(F)c(-c2nn(C(C)C)c3c2c(N)ncc3[C@H]2CC[C@H](N)CC2)cc1F. The summed E-state index contributed by atoms with van der Waals surface area (Å²) in [6, 6.07) is 7.64.